The van der Waals surface area contributed by atoms with Crippen molar-refractivity contribution in [1.82, 2.24) is 9.36 Å². The van der Waals surface area contributed by atoms with Crippen LogP contribution in [0, 0.1) is 11.3 Å². The number of nitriles is 1. The van der Waals surface area contributed by atoms with E-state index in [1.807, 2.05) is 12.1 Å². The molecule has 2 N–H and O–H groups in total. The number of para-hydroxylation sites is 3. The molecule has 0 amide bonds. The molecule has 0 spiro atoms. The van der Waals surface area contributed by atoms with Gasteiger partial charge in [0.15, 0.2) is 0 Å². The number of nitrogens with zero attached hydrogens (tertiary/aromatic N) is 3. The van der Waals surface area contributed by atoms with Crippen molar-refractivity contribution in [3.63, 3.8) is 0 Å². The standard InChI is InChI=1S/C23H17N3O3/c24-15-19(18-13-7-8-14-20(18)27)21-22(28)25(16-9-3-1-4-10-16)26(23(21)29)17-11-5-2-6-12-17/h1-14,19,27-28H. The minimum atomic E-state index is -1.14. The van der Waals surface area contributed by atoms with Crippen LogP contribution < -0.4 is 5.56 Å². The highest BCUT2D eigenvalue weighted by molar-refractivity contribution is 5.51. The van der Waals surface area contributed by atoms with Crippen LogP contribution >= 0.6 is 0 Å². The van der Waals surface area contributed by atoms with Gasteiger partial charge in [0.05, 0.1) is 17.4 Å². The highest BCUT2D eigenvalue weighted by Crippen LogP contribution is 2.35. The molecule has 0 saturated heterocycles. The molecule has 0 saturated carbocycles. The Labute approximate surface area is 166 Å². The Kier molecular flexibility index (Phi) is 4.63. The van der Waals surface area contributed by atoms with Crippen molar-refractivity contribution in [1.29, 1.82) is 5.26 Å². The minimum absolute atomic E-state index is 0.0956. The first-order chi connectivity index (χ1) is 14.1. The fourth-order valence-corrected chi connectivity index (χ4v) is 3.39. The van der Waals surface area contributed by atoms with Crippen LogP contribution in [0.3, 0.4) is 0 Å². The minimum Gasteiger partial charge on any atom is -0.508 e. The largest absolute Gasteiger partial charge is 0.508 e. The zero-order valence-electron chi connectivity index (χ0n) is 15.3. The lowest BCUT2D eigenvalue weighted by molar-refractivity contribution is 0.419. The fourth-order valence-electron chi connectivity index (χ4n) is 3.39. The fraction of sp³-hybridized carbons (Fsp3) is 0.0435. The van der Waals surface area contributed by atoms with Crippen LogP contribution in [0.5, 0.6) is 11.6 Å². The van der Waals surface area contributed by atoms with E-state index < -0.39 is 11.5 Å². The van der Waals surface area contributed by atoms with E-state index in [0.717, 1.165) is 0 Å². The zero-order valence-corrected chi connectivity index (χ0v) is 15.3. The molecule has 29 heavy (non-hydrogen) atoms. The van der Waals surface area contributed by atoms with E-state index in [2.05, 4.69) is 6.07 Å². The van der Waals surface area contributed by atoms with Gasteiger partial charge in [-0.05, 0) is 30.3 Å². The molecule has 1 heterocycles. The van der Waals surface area contributed by atoms with Gasteiger partial charge in [0.1, 0.15) is 17.2 Å². The Balaban J connectivity index is 2.05. The quantitative estimate of drug-likeness (QED) is 0.562. The van der Waals surface area contributed by atoms with Gasteiger partial charge in [0.2, 0.25) is 5.88 Å². The number of phenols is 1. The molecule has 0 bridgehead atoms. The van der Waals surface area contributed by atoms with Crippen molar-refractivity contribution in [3.8, 4) is 29.1 Å². The van der Waals surface area contributed by atoms with E-state index >= 15 is 0 Å². The number of benzene rings is 3. The maximum atomic E-state index is 13.4. The van der Waals surface area contributed by atoms with Crippen molar-refractivity contribution >= 4 is 0 Å². The van der Waals surface area contributed by atoms with Crippen LogP contribution in [0.1, 0.15) is 17.0 Å². The highest BCUT2D eigenvalue weighted by atomic mass is 16.3. The van der Waals surface area contributed by atoms with Crippen LogP contribution in [-0.4, -0.2) is 19.6 Å². The molecule has 4 rings (SSSR count). The molecule has 0 radical (unpaired) electrons. The van der Waals surface area contributed by atoms with E-state index in [1.54, 1.807) is 66.7 Å². The smallest absolute Gasteiger partial charge is 0.280 e. The maximum Gasteiger partial charge on any atom is 0.280 e. The Morgan fingerprint density at radius 1 is 0.759 bits per heavy atom. The summed E-state index contributed by atoms with van der Waals surface area (Å²) in [4.78, 5) is 13.4. The Hall–Kier alpha value is -4.24. The summed E-state index contributed by atoms with van der Waals surface area (Å²) < 4.78 is 2.70. The number of aromatic nitrogens is 2. The third-order valence-electron chi connectivity index (χ3n) is 4.73. The summed E-state index contributed by atoms with van der Waals surface area (Å²) in [5, 5.41) is 31.1. The third-order valence-corrected chi connectivity index (χ3v) is 4.73. The summed E-state index contributed by atoms with van der Waals surface area (Å²) in [7, 11) is 0. The van der Waals surface area contributed by atoms with Crippen LogP contribution in [0.25, 0.3) is 11.4 Å². The molecule has 1 unspecified atom stereocenters. The Morgan fingerprint density at radius 3 is 1.83 bits per heavy atom. The molecule has 6 nitrogen and oxygen atoms in total. The first-order valence-corrected chi connectivity index (χ1v) is 8.98. The number of phenolic OH excluding ortho intramolecular Hbond substituents is 1. The van der Waals surface area contributed by atoms with Gasteiger partial charge in [0, 0.05) is 5.56 Å². The number of aromatic hydroxyl groups is 2. The summed E-state index contributed by atoms with van der Waals surface area (Å²) in [6, 6.07) is 26.2. The van der Waals surface area contributed by atoms with Crippen LogP contribution in [-0.2, 0) is 0 Å². The lowest BCUT2D eigenvalue weighted by Gasteiger charge is -2.12. The topological polar surface area (TPSA) is 91.2 Å². The summed E-state index contributed by atoms with van der Waals surface area (Å²) in [5.74, 6) is -1.60. The zero-order chi connectivity index (χ0) is 20.4. The van der Waals surface area contributed by atoms with Gasteiger partial charge < -0.3 is 10.2 Å². The molecule has 3 aromatic carbocycles. The summed E-state index contributed by atoms with van der Waals surface area (Å²) in [5.41, 5.74) is 0.727. The lowest BCUT2D eigenvalue weighted by atomic mass is 9.93. The molecule has 6 heteroatoms. The highest BCUT2D eigenvalue weighted by Gasteiger charge is 2.30. The molecule has 0 aliphatic rings. The lowest BCUT2D eigenvalue weighted by Crippen LogP contribution is -2.22. The monoisotopic (exact) mass is 383 g/mol. The number of hydrogen-bond acceptors (Lipinski definition) is 4. The molecule has 0 aliphatic heterocycles. The molecule has 4 aromatic rings. The van der Waals surface area contributed by atoms with E-state index in [0.29, 0.717) is 11.4 Å². The van der Waals surface area contributed by atoms with Gasteiger partial charge >= 0.3 is 0 Å². The molecule has 142 valence electrons. The number of rotatable bonds is 4. The SMILES string of the molecule is N#CC(c1ccccc1O)c1c(O)n(-c2ccccc2)n(-c2ccccc2)c1=O. The second kappa shape index (κ2) is 7.41. The first kappa shape index (κ1) is 18.1. The van der Waals surface area contributed by atoms with Crippen molar-refractivity contribution in [2.24, 2.45) is 0 Å². The van der Waals surface area contributed by atoms with Gasteiger partial charge in [-0.25, -0.2) is 9.36 Å². The molecular formula is C23H17N3O3. The van der Waals surface area contributed by atoms with Gasteiger partial charge in [-0.1, -0.05) is 54.6 Å². The Morgan fingerprint density at radius 2 is 1.28 bits per heavy atom. The average molecular weight is 383 g/mol. The van der Waals surface area contributed by atoms with E-state index in [-0.39, 0.29) is 22.8 Å². The van der Waals surface area contributed by atoms with E-state index in [9.17, 15) is 20.3 Å². The second-order valence-electron chi connectivity index (χ2n) is 6.46. The van der Waals surface area contributed by atoms with Gasteiger partial charge in [0.25, 0.3) is 5.56 Å². The van der Waals surface area contributed by atoms with Crippen molar-refractivity contribution in [2.45, 2.75) is 5.92 Å². The predicted octanol–water partition coefficient (Wildman–Crippen LogP) is 3.69. The third kappa shape index (κ3) is 3.05. The first-order valence-electron chi connectivity index (χ1n) is 8.98. The Bertz CT molecular complexity index is 1250. The molecule has 0 fully saturated rings. The van der Waals surface area contributed by atoms with Crippen molar-refractivity contribution in [3.05, 3.63) is 106 Å². The normalized spacial score (nSPS) is 11.7. The molecular weight excluding hydrogens is 366 g/mol. The van der Waals surface area contributed by atoms with Gasteiger partial charge in [-0.15, -0.1) is 0 Å². The average Bonchev–Trinajstić information content (AvgIpc) is 3.02. The van der Waals surface area contributed by atoms with Crippen LogP contribution in [0.4, 0.5) is 0 Å². The number of hydrogen-bond donors (Lipinski definition) is 2. The van der Waals surface area contributed by atoms with Gasteiger partial charge in [-0.2, -0.15) is 5.26 Å². The van der Waals surface area contributed by atoms with Gasteiger partial charge in [-0.3, -0.25) is 4.79 Å². The molecule has 1 atom stereocenters. The van der Waals surface area contributed by atoms with Crippen LogP contribution in [0.15, 0.2) is 89.7 Å². The summed E-state index contributed by atoms with van der Waals surface area (Å²) in [6.07, 6.45) is 0. The predicted molar refractivity (Wildman–Crippen MR) is 109 cm³/mol. The van der Waals surface area contributed by atoms with Crippen molar-refractivity contribution in [2.75, 3.05) is 0 Å². The van der Waals surface area contributed by atoms with Crippen molar-refractivity contribution < 1.29 is 10.2 Å². The molecule has 0 aliphatic carbocycles. The van der Waals surface area contributed by atoms with E-state index in [1.165, 1.54) is 15.4 Å². The van der Waals surface area contributed by atoms with E-state index in [4.69, 9.17) is 0 Å². The summed E-state index contributed by atoms with van der Waals surface area (Å²) in [6.45, 7) is 0. The summed E-state index contributed by atoms with van der Waals surface area (Å²) >= 11 is 0. The second-order valence-corrected chi connectivity index (χ2v) is 6.46. The molecule has 1 aromatic heterocycles. The van der Waals surface area contributed by atoms with Crippen LogP contribution in [0.2, 0.25) is 0 Å². The maximum absolute atomic E-state index is 13.4.